The fourth-order valence-electron chi connectivity index (χ4n) is 3.02. The van der Waals surface area contributed by atoms with Crippen molar-refractivity contribution in [1.29, 1.82) is 0 Å². The van der Waals surface area contributed by atoms with E-state index < -0.39 is 0 Å². The van der Waals surface area contributed by atoms with Gasteiger partial charge < -0.3 is 15.0 Å². The highest BCUT2D eigenvalue weighted by molar-refractivity contribution is 6.35. The topological polar surface area (TPSA) is 53.1 Å². The van der Waals surface area contributed by atoms with Gasteiger partial charge in [0, 0.05) is 12.0 Å². The lowest BCUT2D eigenvalue weighted by atomic mass is 10.00. The maximum absolute atomic E-state index is 6.23. The Bertz CT molecular complexity index is 828. The Hall–Kier alpha value is -2.20. The molecule has 1 unspecified atom stereocenters. The van der Waals surface area contributed by atoms with Crippen LogP contribution in [-0.2, 0) is 0 Å². The number of fused-ring (bicyclic) bond motifs is 2. The van der Waals surface area contributed by atoms with Gasteiger partial charge in [-0.05, 0) is 18.2 Å². The average Bonchev–Trinajstić information content (AvgIpc) is 2.84. The maximum atomic E-state index is 6.23. The highest BCUT2D eigenvalue weighted by Crippen LogP contribution is 2.38. The Morgan fingerprint density at radius 1 is 1.19 bits per heavy atom. The molecular formula is C16H14ClN3O. The van der Waals surface area contributed by atoms with E-state index in [-0.39, 0.29) is 6.04 Å². The number of nitrogen functional groups attached to an aromatic ring is 1. The third-order valence-electron chi connectivity index (χ3n) is 3.94. The summed E-state index contributed by atoms with van der Waals surface area (Å²) < 4.78 is 7.78. The van der Waals surface area contributed by atoms with Crippen LogP contribution >= 0.6 is 11.6 Å². The van der Waals surface area contributed by atoms with Crippen molar-refractivity contribution in [2.75, 3.05) is 12.3 Å². The zero-order valence-corrected chi connectivity index (χ0v) is 12.0. The van der Waals surface area contributed by atoms with Crippen LogP contribution in [0.15, 0.2) is 42.5 Å². The summed E-state index contributed by atoms with van der Waals surface area (Å²) in [6, 6.07) is 13.9. The number of hydrogen-bond donors (Lipinski definition) is 1. The fraction of sp³-hybridized carbons (Fsp3) is 0.188. The van der Waals surface area contributed by atoms with Crippen molar-refractivity contribution in [3.05, 3.63) is 53.1 Å². The lowest BCUT2D eigenvalue weighted by Crippen LogP contribution is -2.21. The second-order valence-electron chi connectivity index (χ2n) is 5.14. The van der Waals surface area contributed by atoms with Gasteiger partial charge >= 0.3 is 0 Å². The summed E-state index contributed by atoms with van der Waals surface area (Å²) in [6.45, 7) is 0.668. The van der Waals surface area contributed by atoms with Gasteiger partial charge in [0.15, 0.2) is 0 Å². The molecule has 3 aromatic rings. The Morgan fingerprint density at radius 3 is 2.95 bits per heavy atom. The van der Waals surface area contributed by atoms with Crippen molar-refractivity contribution in [2.24, 2.45) is 0 Å². The molecule has 4 rings (SSSR count). The zero-order valence-electron chi connectivity index (χ0n) is 11.3. The summed E-state index contributed by atoms with van der Waals surface area (Å²) in [4.78, 5) is 4.43. The molecule has 5 heteroatoms. The molecule has 2 heterocycles. The Balaban J connectivity index is 1.96. The number of para-hydroxylation sites is 2. The van der Waals surface area contributed by atoms with E-state index in [1.807, 2.05) is 36.4 Å². The van der Waals surface area contributed by atoms with E-state index in [9.17, 15) is 0 Å². The first-order valence-corrected chi connectivity index (χ1v) is 7.27. The average molecular weight is 300 g/mol. The Labute approximate surface area is 127 Å². The largest absolute Gasteiger partial charge is 0.493 e. The Kier molecular flexibility index (Phi) is 2.79. The second-order valence-corrected chi connectivity index (χ2v) is 5.55. The standard InChI is InChI=1S/C16H14ClN3O/c17-11-5-3-6-13-15(11)19-16(18)20(13)12-8-9-21-14-7-2-1-4-10(12)14/h1-7,12H,8-9H2,(H2,18,19). The van der Waals surface area contributed by atoms with Crippen LogP contribution in [-0.4, -0.2) is 16.2 Å². The first-order chi connectivity index (χ1) is 10.3. The van der Waals surface area contributed by atoms with Gasteiger partial charge in [0.2, 0.25) is 5.95 Å². The van der Waals surface area contributed by atoms with Gasteiger partial charge in [-0.2, -0.15) is 0 Å². The number of anilines is 1. The molecule has 2 N–H and O–H groups in total. The van der Waals surface area contributed by atoms with Crippen LogP contribution in [0.25, 0.3) is 11.0 Å². The molecule has 0 amide bonds. The van der Waals surface area contributed by atoms with Crippen LogP contribution < -0.4 is 10.5 Å². The van der Waals surface area contributed by atoms with E-state index in [4.69, 9.17) is 22.1 Å². The number of imidazole rings is 1. The van der Waals surface area contributed by atoms with E-state index in [2.05, 4.69) is 15.6 Å². The summed E-state index contributed by atoms with van der Waals surface area (Å²) in [5.74, 6) is 1.40. The predicted molar refractivity (Wildman–Crippen MR) is 83.8 cm³/mol. The van der Waals surface area contributed by atoms with Crippen LogP contribution in [0, 0.1) is 0 Å². The van der Waals surface area contributed by atoms with Crippen molar-refractivity contribution in [3.8, 4) is 5.75 Å². The molecule has 0 spiro atoms. The van der Waals surface area contributed by atoms with Crippen molar-refractivity contribution in [1.82, 2.24) is 9.55 Å². The zero-order chi connectivity index (χ0) is 14.4. The quantitative estimate of drug-likeness (QED) is 0.746. The summed E-state index contributed by atoms with van der Waals surface area (Å²) in [5.41, 5.74) is 9.01. The number of halogens is 1. The van der Waals surface area contributed by atoms with Crippen molar-refractivity contribution in [2.45, 2.75) is 12.5 Å². The minimum Gasteiger partial charge on any atom is -0.493 e. The molecule has 0 aliphatic carbocycles. The first-order valence-electron chi connectivity index (χ1n) is 6.89. The smallest absolute Gasteiger partial charge is 0.201 e. The molecule has 1 aliphatic heterocycles. The predicted octanol–water partition coefficient (Wildman–Crippen LogP) is 3.64. The second kappa shape index (κ2) is 4.67. The number of ether oxygens (including phenoxy) is 1. The van der Waals surface area contributed by atoms with E-state index >= 15 is 0 Å². The van der Waals surface area contributed by atoms with Gasteiger partial charge in [-0.25, -0.2) is 4.98 Å². The van der Waals surface area contributed by atoms with Gasteiger partial charge in [0.05, 0.1) is 23.2 Å². The fourth-order valence-corrected chi connectivity index (χ4v) is 3.23. The minimum atomic E-state index is 0.124. The van der Waals surface area contributed by atoms with Crippen molar-refractivity contribution >= 4 is 28.6 Å². The molecule has 1 aromatic heterocycles. The van der Waals surface area contributed by atoms with Crippen LogP contribution in [0.1, 0.15) is 18.0 Å². The van der Waals surface area contributed by atoms with Gasteiger partial charge in [-0.1, -0.05) is 35.9 Å². The minimum absolute atomic E-state index is 0.124. The van der Waals surface area contributed by atoms with Crippen LogP contribution in [0.2, 0.25) is 5.02 Å². The Morgan fingerprint density at radius 2 is 2.05 bits per heavy atom. The highest BCUT2D eigenvalue weighted by Gasteiger charge is 2.26. The number of nitrogens with two attached hydrogens (primary N) is 1. The molecule has 0 saturated carbocycles. The van der Waals surface area contributed by atoms with E-state index in [1.165, 1.54) is 0 Å². The SMILES string of the molecule is Nc1nc2c(Cl)cccc2n1C1CCOc2ccccc21. The lowest BCUT2D eigenvalue weighted by molar-refractivity contribution is 0.259. The third kappa shape index (κ3) is 1.87. The summed E-state index contributed by atoms with van der Waals surface area (Å²) in [5, 5.41) is 0.623. The van der Waals surface area contributed by atoms with Crippen molar-refractivity contribution in [3.63, 3.8) is 0 Å². The van der Waals surface area contributed by atoms with Gasteiger partial charge in [-0.15, -0.1) is 0 Å². The molecule has 21 heavy (non-hydrogen) atoms. The van der Waals surface area contributed by atoms with Crippen molar-refractivity contribution < 1.29 is 4.74 Å². The van der Waals surface area contributed by atoms with Gasteiger partial charge in [0.25, 0.3) is 0 Å². The van der Waals surface area contributed by atoms with Crippen LogP contribution in [0.5, 0.6) is 5.75 Å². The molecule has 1 aliphatic rings. The van der Waals surface area contributed by atoms with Gasteiger partial charge in [0.1, 0.15) is 11.3 Å². The molecule has 0 saturated heterocycles. The van der Waals surface area contributed by atoms with Gasteiger partial charge in [-0.3, -0.25) is 0 Å². The monoisotopic (exact) mass is 299 g/mol. The molecule has 0 radical (unpaired) electrons. The normalized spacial score (nSPS) is 17.5. The maximum Gasteiger partial charge on any atom is 0.201 e. The molecular weight excluding hydrogens is 286 g/mol. The molecule has 2 aromatic carbocycles. The lowest BCUT2D eigenvalue weighted by Gasteiger charge is -2.28. The molecule has 0 bridgehead atoms. The third-order valence-corrected chi connectivity index (χ3v) is 4.24. The first kappa shape index (κ1) is 12.5. The number of aromatic nitrogens is 2. The number of benzene rings is 2. The van der Waals surface area contributed by atoms with Crippen LogP contribution in [0.4, 0.5) is 5.95 Å². The summed E-state index contributed by atoms with van der Waals surface area (Å²) in [7, 11) is 0. The highest BCUT2D eigenvalue weighted by atomic mass is 35.5. The molecule has 1 atom stereocenters. The van der Waals surface area contributed by atoms with E-state index in [0.717, 1.165) is 28.8 Å². The number of rotatable bonds is 1. The number of nitrogens with zero attached hydrogens (tertiary/aromatic N) is 2. The molecule has 4 nitrogen and oxygen atoms in total. The van der Waals surface area contributed by atoms with E-state index in [1.54, 1.807) is 0 Å². The number of hydrogen-bond acceptors (Lipinski definition) is 3. The van der Waals surface area contributed by atoms with E-state index in [0.29, 0.717) is 17.6 Å². The summed E-state index contributed by atoms with van der Waals surface area (Å²) in [6.07, 6.45) is 0.860. The molecule has 0 fully saturated rings. The van der Waals surface area contributed by atoms with Crippen LogP contribution in [0.3, 0.4) is 0 Å². The molecule has 106 valence electrons. The summed E-state index contributed by atoms with van der Waals surface area (Å²) >= 11 is 6.23.